The molecule has 0 amide bonds. The first-order chi connectivity index (χ1) is 8.88. The number of halogens is 3. The fraction of sp³-hybridized carbons (Fsp3) is 0.167. The van der Waals surface area contributed by atoms with Crippen LogP contribution in [0.5, 0.6) is 0 Å². The molecule has 1 aromatic carbocycles. The first-order valence-corrected chi connectivity index (χ1v) is 6.82. The van der Waals surface area contributed by atoms with E-state index in [4.69, 9.17) is 0 Å². The van der Waals surface area contributed by atoms with Gasteiger partial charge in [0.2, 0.25) is 0 Å². The van der Waals surface area contributed by atoms with E-state index in [0.717, 1.165) is 28.0 Å². The summed E-state index contributed by atoms with van der Waals surface area (Å²) in [6, 6.07) is 7.47. The van der Waals surface area contributed by atoms with Gasteiger partial charge in [-0.05, 0) is 18.6 Å². The predicted molar refractivity (Wildman–Crippen MR) is 67.8 cm³/mol. The topological polar surface area (TPSA) is 30.0 Å². The van der Waals surface area contributed by atoms with E-state index in [1.54, 1.807) is 0 Å². The Morgan fingerprint density at radius 3 is 2.63 bits per heavy atom. The van der Waals surface area contributed by atoms with Gasteiger partial charge < -0.3 is 0 Å². The van der Waals surface area contributed by atoms with Crippen molar-refractivity contribution in [1.29, 1.82) is 0 Å². The van der Waals surface area contributed by atoms with E-state index < -0.39 is 12.0 Å². The number of carbonyl (C=O) groups excluding carboxylic acids is 1. The molecule has 0 saturated carbocycles. The lowest BCUT2D eigenvalue weighted by molar-refractivity contribution is -0.0882. The summed E-state index contributed by atoms with van der Waals surface area (Å²) in [5, 5.41) is 0. The van der Waals surface area contributed by atoms with Crippen LogP contribution in [0.15, 0.2) is 39.7 Å². The molecule has 19 heavy (non-hydrogen) atoms. The summed E-state index contributed by atoms with van der Waals surface area (Å²) in [4.78, 5) is 15.4. The molecule has 0 N–H and O–H groups in total. The number of aryl methyl sites for hydroxylation is 1. The number of nitrogens with zero attached hydrogens (tertiary/aromatic N) is 1. The predicted octanol–water partition coefficient (Wildman–Crippen LogP) is 4.35. The highest BCUT2D eigenvalue weighted by Gasteiger charge is 2.40. The van der Waals surface area contributed by atoms with Crippen LogP contribution in [0.1, 0.15) is 15.2 Å². The Morgan fingerprint density at radius 2 is 2.00 bits per heavy atom. The molecule has 0 fully saturated rings. The van der Waals surface area contributed by atoms with Gasteiger partial charge >= 0.3 is 6.18 Å². The van der Waals surface area contributed by atoms with E-state index in [2.05, 4.69) is 4.98 Å². The molecule has 0 radical (unpaired) electrons. The Hall–Kier alpha value is -1.34. The lowest BCUT2D eigenvalue weighted by Gasteiger charge is -2.02. The number of carbonyl (C=O) groups is 1. The van der Waals surface area contributed by atoms with Gasteiger partial charge in [0.15, 0.2) is 4.34 Å². The van der Waals surface area contributed by atoms with Crippen molar-refractivity contribution in [2.24, 2.45) is 0 Å². The molecule has 0 aliphatic carbocycles. The Balaban J connectivity index is 2.19. The Bertz CT molecular complexity index is 607. The number of Topliss-reactive ketones (excluding diaryl/α,β-unsaturated/α-hetero) is 1. The number of alkyl halides is 3. The van der Waals surface area contributed by atoms with Crippen LogP contribution in [0.25, 0.3) is 0 Å². The minimum Gasteiger partial charge on any atom is -0.283 e. The summed E-state index contributed by atoms with van der Waals surface area (Å²) in [6.45, 7) is 1.90. The van der Waals surface area contributed by atoms with Crippen molar-refractivity contribution < 1.29 is 18.0 Å². The SMILES string of the molecule is Cc1ccccc1Sc1ncc(C(=O)C(F)(F)F)s1. The van der Waals surface area contributed by atoms with Gasteiger partial charge in [0.25, 0.3) is 5.78 Å². The average molecular weight is 303 g/mol. The average Bonchev–Trinajstić information content (AvgIpc) is 2.78. The van der Waals surface area contributed by atoms with Crippen LogP contribution in [0.3, 0.4) is 0 Å². The number of rotatable bonds is 3. The number of thiazole rings is 1. The summed E-state index contributed by atoms with van der Waals surface area (Å²) < 4.78 is 37.2. The number of aromatic nitrogens is 1. The molecule has 0 saturated heterocycles. The van der Waals surface area contributed by atoms with Crippen LogP contribution in [0.2, 0.25) is 0 Å². The van der Waals surface area contributed by atoms with Crippen molar-refractivity contribution >= 4 is 28.9 Å². The quantitative estimate of drug-likeness (QED) is 0.790. The second kappa shape index (κ2) is 5.34. The van der Waals surface area contributed by atoms with Crippen LogP contribution in [-0.2, 0) is 0 Å². The Labute approximate surface area is 115 Å². The molecule has 0 bridgehead atoms. The van der Waals surface area contributed by atoms with Crippen LogP contribution in [-0.4, -0.2) is 16.9 Å². The van der Waals surface area contributed by atoms with Crippen molar-refractivity contribution in [3.05, 3.63) is 40.9 Å². The number of hydrogen-bond donors (Lipinski definition) is 0. The molecule has 0 atom stereocenters. The molecule has 1 heterocycles. The highest BCUT2D eigenvalue weighted by atomic mass is 32.2. The van der Waals surface area contributed by atoms with Gasteiger partial charge in [0.05, 0.1) is 6.20 Å². The third-order valence-corrected chi connectivity index (χ3v) is 4.51. The van der Waals surface area contributed by atoms with E-state index in [9.17, 15) is 18.0 Å². The summed E-state index contributed by atoms with van der Waals surface area (Å²) >= 11 is 2.00. The Kier molecular flexibility index (Phi) is 3.96. The van der Waals surface area contributed by atoms with Gasteiger partial charge in [-0.15, -0.1) is 11.3 Å². The third kappa shape index (κ3) is 3.36. The minimum absolute atomic E-state index is 0.386. The zero-order valence-electron chi connectivity index (χ0n) is 9.69. The molecule has 2 rings (SSSR count). The van der Waals surface area contributed by atoms with Gasteiger partial charge in [-0.2, -0.15) is 13.2 Å². The van der Waals surface area contributed by atoms with Crippen molar-refractivity contribution in [1.82, 2.24) is 4.98 Å². The first-order valence-electron chi connectivity index (χ1n) is 5.19. The summed E-state index contributed by atoms with van der Waals surface area (Å²) in [6.07, 6.45) is -3.88. The highest BCUT2D eigenvalue weighted by molar-refractivity contribution is 8.01. The maximum Gasteiger partial charge on any atom is 0.455 e. The molecule has 2 nitrogen and oxygen atoms in total. The molecule has 7 heteroatoms. The second-order valence-electron chi connectivity index (χ2n) is 3.68. The summed E-state index contributed by atoms with van der Waals surface area (Å²) in [5.74, 6) is -1.85. The fourth-order valence-corrected chi connectivity index (χ4v) is 3.30. The van der Waals surface area contributed by atoms with Gasteiger partial charge in [0, 0.05) is 4.90 Å². The summed E-state index contributed by atoms with van der Waals surface area (Å²) in [7, 11) is 0. The van der Waals surface area contributed by atoms with E-state index >= 15 is 0 Å². The van der Waals surface area contributed by atoms with Gasteiger partial charge in [-0.1, -0.05) is 30.0 Å². The van der Waals surface area contributed by atoms with E-state index in [0.29, 0.717) is 4.34 Å². The first kappa shape index (κ1) is 14.1. The summed E-state index contributed by atoms with van der Waals surface area (Å²) in [5.41, 5.74) is 1.01. The molecule has 2 aromatic rings. The van der Waals surface area contributed by atoms with E-state index in [1.807, 2.05) is 31.2 Å². The molecule has 0 aliphatic heterocycles. The third-order valence-electron chi connectivity index (χ3n) is 2.26. The second-order valence-corrected chi connectivity index (χ2v) is 6.00. The zero-order chi connectivity index (χ0) is 14.0. The molecule has 0 aliphatic rings. The van der Waals surface area contributed by atoms with Crippen LogP contribution >= 0.6 is 23.1 Å². The number of ketones is 1. The maximum absolute atomic E-state index is 12.3. The van der Waals surface area contributed by atoms with E-state index in [1.165, 1.54) is 11.8 Å². The maximum atomic E-state index is 12.3. The zero-order valence-corrected chi connectivity index (χ0v) is 11.3. The molecular formula is C12H8F3NOS2. The molecular weight excluding hydrogens is 295 g/mol. The smallest absolute Gasteiger partial charge is 0.283 e. The molecule has 100 valence electrons. The molecule has 0 spiro atoms. The monoisotopic (exact) mass is 303 g/mol. The normalized spacial score (nSPS) is 11.6. The van der Waals surface area contributed by atoms with Gasteiger partial charge in [0.1, 0.15) is 4.88 Å². The number of hydrogen-bond acceptors (Lipinski definition) is 4. The fourth-order valence-electron chi connectivity index (χ4n) is 1.31. The van der Waals surface area contributed by atoms with Crippen molar-refractivity contribution in [3.8, 4) is 0 Å². The molecule has 0 unspecified atom stereocenters. The minimum atomic E-state index is -4.85. The Morgan fingerprint density at radius 1 is 1.32 bits per heavy atom. The standard InChI is InChI=1S/C12H8F3NOS2/c1-7-4-2-3-5-8(7)18-11-16-6-9(19-11)10(17)12(13,14)15/h2-6H,1H3. The van der Waals surface area contributed by atoms with Gasteiger partial charge in [-0.3, -0.25) is 4.79 Å². The lowest BCUT2D eigenvalue weighted by Crippen LogP contribution is -2.21. The number of benzene rings is 1. The van der Waals surface area contributed by atoms with Crippen molar-refractivity contribution in [2.45, 2.75) is 22.3 Å². The van der Waals surface area contributed by atoms with Crippen molar-refractivity contribution in [2.75, 3.05) is 0 Å². The van der Waals surface area contributed by atoms with Crippen LogP contribution in [0.4, 0.5) is 13.2 Å². The van der Waals surface area contributed by atoms with E-state index in [-0.39, 0.29) is 4.88 Å². The van der Waals surface area contributed by atoms with Crippen LogP contribution < -0.4 is 0 Å². The lowest BCUT2D eigenvalue weighted by atomic mass is 10.2. The van der Waals surface area contributed by atoms with Crippen LogP contribution in [0, 0.1) is 6.92 Å². The largest absolute Gasteiger partial charge is 0.455 e. The van der Waals surface area contributed by atoms with Crippen molar-refractivity contribution in [3.63, 3.8) is 0 Å². The highest BCUT2D eigenvalue weighted by Crippen LogP contribution is 2.34. The molecule has 1 aromatic heterocycles. The van der Waals surface area contributed by atoms with Gasteiger partial charge in [-0.25, -0.2) is 4.98 Å².